The van der Waals surface area contributed by atoms with E-state index in [-0.39, 0.29) is 24.5 Å². The average Bonchev–Trinajstić information content (AvgIpc) is 2.96. The summed E-state index contributed by atoms with van der Waals surface area (Å²) >= 11 is 0. The van der Waals surface area contributed by atoms with Gasteiger partial charge in [-0.1, -0.05) is 26.0 Å². The minimum Gasteiger partial charge on any atom is -0.490 e. The van der Waals surface area contributed by atoms with Crippen LogP contribution in [0, 0.1) is 12.8 Å². The molecule has 0 saturated carbocycles. The van der Waals surface area contributed by atoms with Gasteiger partial charge < -0.3 is 25.3 Å². The van der Waals surface area contributed by atoms with Crippen LogP contribution in [-0.2, 0) is 9.53 Å². The molecule has 3 rings (SSSR count). The first kappa shape index (κ1) is 21.5. The molecule has 160 valence electrons. The van der Waals surface area contributed by atoms with Crippen LogP contribution in [0.1, 0.15) is 47.8 Å². The second-order valence-electron chi connectivity index (χ2n) is 7.69. The SMILES string of the molecule is Cc1ccc(C(=O)OCC(=O)N[C@@H](c2ccc3c(c2)OCCCO3)C(C)C)cc1N. The van der Waals surface area contributed by atoms with E-state index in [0.717, 1.165) is 17.5 Å². The third kappa shape index (κ3) is 5.23. The number of benzene rings is 2. The predicted octanol–water partition coefficient (Wildman–Crippen LogP) is 3.41. The van der Waals surface area contributed by atoms with E-state index in [1.54, 1.807) is 18.2 Å². The number of fused-ring (bicyclic) bond motifs is 1. The Labute approximate surface area is 176 Å². The number of carbonyl (C=O) groups is 2. The van der Waals surface area contributed by atoms with Crippen molar-refractivity contribution in [3.63, 3.8) is 0 Å². The van der Waals surface area contributed by atoms with Crippen LogP contribution in [0.3, 0.4) is 0 Å². The second-order valence-corrected chi connectivity index (χ2v) is 7.69. The Hall–Kier alpha value is -3.22. The van der Waals surface area contributed by atoms with Crippen molar-refractivity contribution in [2.24, 2.45) is 5.92 Å². The molecule has 3 N–H and O–H groups in total. The van der Waals surface area contributed by atoms with Crippen molar-refractivity contribution in [1.82, 2.24) is 5.32 Å². The van der Waals surface area contributed by atoms with Crippen LogP contribution in [-0.4, -0.2) is 31.7 Å². The van der Waals surface area contributed by atoms with Gasteiger partial charge in [0.15, 0.2) is 18.1 Å². The van der Waals surface area contributed by atoms with Gasteiger partial charge in [-0.25, -0.2) is 4.79 Å². The molecule has 2 aromatic rings. The molecule has 1 aliphatic heterocycles. The van der Waals surface area contributed by atoms with Crippen LogP contribution in [0.15, 0.2) is 36.4 Å². The Kier molecular flexibility index (Phi) is 6.82. The molecule has 0 aliphatic carbocycles. The Bertz CT molecular complexity index is 926. The molecular formula is C23H28N2O5. The van der Waals surface area contributed by atoms with Gasteiger partial charge in [0, 0.05) is 12.1 Å². The standard InChI is InChI=1S/C23H28N2O5/c1-14(2)22(16-7-8-19-20(12-16)29-10-4-9-28-19)25-21(26)13-30-23(27)17-6-5-15(3)18(24)11-17/h5-8,11-12,14,22H,4,9-10,13,24H2,1-3H3,(H,25,26)/t22-/m1/s1. The van der Waals surface area contributed by atoms with Gasteiger partial charge in [-0.15, -0.1) is 0 Å². The largest absolute Gasteiger partial charge is 0.490 e. The number of nitrogens with one attached hydrogen (secondary N) is 1. The number of amides is 1. The van der Waals surface area contributed by atoms with Crippen molar-refractivity contribution in [2.75, 3.05) is 25.6 Å². The van der Waals surface area contributed by atoms with E-state index in [1.165, 1.54) is 0 Å². The van der Waals surface area contributed by atoms with Crippen LogP contribution in [0.5, 0.6) is 11.5 Å². The van der Waals surface area contributed by atoms with Gasteiger partial charge in [-0.3, -0.25) is 4.79 Å². The monoisotopic (exact) mass is 412 g/mol. The van der Waals surface area contributed by atoms with Crippen LogP contribution < -0.4 is 20.5 Å². The summed E-state index contributed by atoms with van der Waals surface area (Å²) in [6, 6.07) is 10.3. The number of rotatable bonds is 6. The van der Waals surface area contributed by atoms with Gasteiger partial charge in [0.2, 0.25) is 0 Å². The molecule has 0 spiro atoms. The zero-order valence-electron chi connectivity index (χ0n) is 17.6. The highest BCUT2D eigenvalue weighted by Gasteiger charge is 2.22. The smallest absolute Gasteiger partial charge is 0.338 e. The van der Waals surface area contributed by atoms with E-state index in [2.05, 4.69) is 5.32 Å². The van der Waals surface area contributed by atoms with Crippen molar-refractivity contribution in [3.05, 3.63) is 53.1 Å². The number of esters is 1. The maximum Gasteiger partial charge on any atom is 0.338 e. The van der Waals surface area contributed by atoms with Gasteiger partial charge in [0.1, 0.15) is 0 Å². The lowest BCUT2D eigenvalue weighted by atomic mass is 9.95. The fraction of sp³-hybridized carbons (Fsp3) is 0.391. The van der Waals surface area contributed by atoms with E-state index in [1.807, 2.05) is 39.0 Å². The number of hydrogen-bond acceptors (Lipinski definition) is 6. The molecule has 7 nitrogen and oxygen atoms in total. The van der Waals surface area contributed by atoms with Crippen LogP contribution in [0.25, 0.3) is 0 Å². The summed E-state index contributed by atoms with van der Waals surface area (Å²) in [7, 11) is 0. The lowest BCUT2D eigenvalue weighted by molar-refractivity contribution is -0.125. The quantitative estimate of drug-likeness (QED) is 0.557. The van der Waals surface area contributed by atoms with Gasteiger partial charge in [0.25, 0.3) is 5.91 Å². The summed E-state index contributed by atoms with van der Waals surface area (Å²) in [5.74, 6) is 0.527. The number of anilines is 1. The maximum atomic E-state index is 12.5. The summed E-state index contributed by atoms with van der Waals surface area (Å²) in [6.07, 6.45) is 0.826. The summed E-state index contributed by atoms with van der Waals surface area (Å²) in [6.45, 7) is 6.71. The summed E-state index contributed by atoms with van der Waals surface area (Å²) in [4.78, 5) is 24.7. The molecule has 1 aliphatic rings. The lowest BCUT2D eigenvalue weighted by Crippen LogP contribution is -2.35. The first-order chi connectivity index (χ1) is 14.3. The number of nitrogens with two attached hydrogens (primary N) is 1. The molecule has 7 heteroatoms. The minimum absolute atomic E-state index is 0.117. The molecule has 0 radical (unpaired) electrons. The van der Waals surface area contributed by atoms with E-state index in [4.69, 9.17) is 19.9 Å². The van der Waals surface area contributed by atoms with Crippen LogP contribution in [0.2, 0.25) is 0 Å². The minimum atomic E-state index is -0.589. The molecule has 0 bridgehead atoms. The topological polar surface area (TPSA) is 99.9 Å². The number of nitrogen functional groups attached to an aromatic ring is 1. The number of ether oxygens (including phenoxy) is 3. The Morgan fingerprint density at radius 1 is 1.10 bits per heavy atom. The Balaban J connectivity index is 1.63. The zero-order valence-corrected chi connectivity index (χ0v) is 17.6. The van der Waals surface area contributed by atoms with Gasteiger partial charge in [0.05, 0.1) is 24.8 Å². The fourth-order valence-electron chi connectivity index (χ4n) is 3.21. The fourth-order valence-corrected chi connectivity index (χ4v) is 3.21. The van der Waals surface area contributed by atoms with E-state index >= 15 is 0 Å². The predicted molar refractivity (Wildman–Crippen MR) is 114 cm³/mol. The first-order valence-electron chi connectivity index (χ1n) is 10.1. The summed E-state index contributed by atoms with van der Waals surface area (Å²) in [5.41, 5.74) is 8.42. The molecule has 1 atom stereocenters. The van der Waals surface area contributed by atoms with Crippen LogP contribution in [0.4, 0.5) is 5.69 Å². The lowest BCUT2D eigenvalue weighted by Gasteiger charge is -2.24. The number of carbonyl (C=O) groups excluding carboxylic acids is 2. The van der Waals surface area contributed by atoms with Crippen molar-refractivity contribution >= 4 is 17.6 Å². The molecule has 30 heavy (non-hydrogen) atoms. The third-order valence-electron chi connectivity index (χ3n) is 4.96. The highest BCUT2D eigenvalue weighted by molar-refractivity contribution is 5.92. The Morgan fingerprint density at radius 3 is 2.53 bits per heavy atom. The van der Waals surface area contributed by atoms with E-state index in [9.17, 15) is 9.59 Å². The molecule has 2 aromatic carbocycles. The van der Waals surface area contributed by atoms with E-state index < -0.39 is 5.97 Å². The van der Waals surface area contributed by atoms with Crippen LogP contribution >= 0.6 is 0 Å². The zero-order chi connectivity index (χ0) is 21.7. The second kappa shape index (κ2) is 9.52. The molecule has 0 aromatic heterocycles. The van der Waals surface area contributed by atoms with Gasteiger partial charge in [-0.2, -0.15) is 0 Å². The van der Waals surface area contributed by atoms with Gasteiger partial charge in [-0.05, 0) is 48.2 Å². The van der Waals surface area contributed by atoms with E-state index in [0.29, 0.717) is 36.0 Å². The third-order valence-corrected chi connectivity index (χ3v) is 4.96. The molecule has 0 saturated heterocycles. The summed E-state index contributed by atoms with van der Waals surface area (Å²) < 4.78 is 16.6. The molecule has 0 fully saturated rings. The van der Waals surface area contributed by atoms with Gasteiger partial charge >= 0.3 is 5.97 Å². The normalized spacial score (nSPS) is 14.0. The number of aryl methyl sites for hydroxylation is 1. The van der Waals surface area contributed by atoms with Crippen molar-refractivity contribution < 1.29 is 23.8 Å². The highest BCUT2D eigenvalue weighted by atomic mass is 16.5. The molecule has 0 unspecified atom stereocenters. The number of hydrogen-bond donors (Lipinski definition) is 2. The van der Waals surface area contributed by atoms with Crippen molar-refractivity contribution in [2.45, 2.75) is 33.2 Å². The molecular weight excluding hydrogens is 384 g/mol. The molecule has 1 amide bonds. The maximum absolute atomic E-state index is 12.5. The highest BCUT2D eigenvalue weighted by Crippen LogP contribution is 2.34. The average molecular weight is 412 g/mol. The van der Waals surface area contributed by atoms with Crippen molar-refractivity contribution in [3.8, 4) is 11.5 Å². The molecule has 1 heterocycles. The van der Waals surface area contributed by atoms with Crippen molar-refractivity contribution in [1.29, 1.82) is 0 Å². The summed E-state index contributed by atoms with van der Waals surface area (Å²) in [5, 5.41) is 2.95. The first-order valence-corrected chi connectivity index (χ1v) is 10.1. The Morgan fingerprint density at radius 2 is 1.83 bits per heavy atom.